The van der Waals surface area contributed by atoms with Crippen molar-refractivity contribution in [2.24, 2.45) is 7.05 Å². The van der Waals surface area contributed by atoms with Crippen LogP contribution >= 0.6 is 22.9 Å². The summed E-state index contributed by atoms with van der Waals surface area (Å²) in [6, 6.07) is 9.31. The van der Waals surface area contributed by atoms with Gasteiger partial charge < -0.3 is 5.32 Å². The lowest BCUT2D eigenvalue weighted by atomic mass is 10.2. The molecule has 0 aliphatic carbocycles. The molecule has 1 aliphatic rings. The molecule has 9 heteroatoms. The summed E-state index contributed by atoms with van der Waals surface area (Å²) in [6.45, 7) is 2.58. The number of benzene rings is 1. The molecule has 7 nitrogen and oxygen atoms in total. The van der Waals surface area contributed by atoms with Gasteiger partial charge >= 0.3 is 0 Å². The summed E-state index contributed by atoms with van der Waals surface area (Å²) in [5.41, 5.74) is 2.02. The molecule has 2 aromatic heterocycles. The molecule has 1 N–H and O–H groups in total. The minimum Gasteiger partial charge on any atom is -0.348 e. The molecule has 3 aromatic rings. The van der Waals surface area contributed by atoms with Gasteiger partial charge in [-0.15, -0.1) is 10.2 Å². The molecule has 4 rings (SSSR count). The molecule has 3 heterocycles. The SMILES string of the molecule is Cc1cc(N2CCC(Nc3nnc(Cc4ccc(Cl)cc4)s3)C2=O)n(C)n1. The van der Waals surface area contributed by atoms with E-state index in [2.05, 4.69) is 20.6 Å². The molecule has 140 valence electrons. The number of nitrogens with one attached hydrogen (secondary N) is 1. The fourth-order valence-corrected chi connectivity index (χ4v) is 4.15. The van der Waals surface area contributed by atoms with Crippen LogP contribution in [0.1, 0.15) is 22.7 Å². The Morgan fingerprint density at radius 2 is 2.07 bits per heavy atom. The summed E-state index contributed by atoms with van der Waals surface area (Å²) < 4.78 is 1.74. The zero-order valence-electron chi connectivity index (χ0n) is 15.0. The minimum atomic E-state index is -0.295. The number of aryl methyl sites for hydroxylation is 2. The highest BCUT2D eigenvalue weighted by Crippen LogP contribution is 2.26. The summed E-state index contributed by atoms with van der Waals surface area (Å²) in [5, 5.41) is 18.3. The third-order valence-electron chi connectivity index (χ3n) is 4.49. The van der Waals surface area contributed by atoms with E-state index in [1.807, 2.05) is 44.3 Å². The lowest BCUT2D eigenvalue weighted by Gasteiger charge is -2.16. The summed E-state index contributed by atoms with van der Waals surface area (Å²) in [6.07, 6.45) is 1.41. The van der Waals surface area contributed by atoms with Crippen LogP contribution < -0.4 is 10.2 Å². The van der Waals surface area contributed by atoms with Crippen molar-refractivity contribution in [1.29, 1.82) is 0 Å². The molecular weight excluding hydrogens is 384 g/mol. The quantitative estimate of drug-likeness (QED) is 0.709. The molecule has 27 heavy (non-hydrogen) atoms. The monoisotopic (exact) mass is 402 g/mol. The van der Waals surface area contributed by atoms with Gasteiger partial charge in [0.25, 0.3) is 5.91 Å². The maximum absolute atomic E-state index is 12.8. The van der Waals surface area contributed by atoms with Gasteiger partial charge in [-0.3, -0.25) is 14.4 Å². The van der Waals surface area contributed by atoms with Crippen LogP contribution in [-0.2, 0) is 18.3 Å². The van der Waals surface area contributed by atoms with E-state index < -0.39 is 0 Å². The van der Waals surface area contributed by atoms with E-state index in [4.69, 9.17) is 11.6 Å². The van der Waals surface area contributed by atoms with Crippen molar-refractivity contribution in [3.05, 3.63) is 51.6 Å². The van der Waals surface area contributed by atoms with Gasteiger partial charge in [0.2, 0.25) is 5.13 Å². The predicted molar refractivity (Wildman–Crippen MR) is 106 cm³/mol. The van der Waals surface area contributed by atoms with Crippen LogP contribution in [0.2, 0.25) is 5.02 Å². The summed E-state index contributed by atoms with van der Waals surface area (Å²) >= 11 is 7.39. The van der Waals surface area contributed by atoms with Gasteiger partial charge in [-0.1, -0.05) is 35.1 Å². The Morgan fingerprint density at radius 1 is 1.30 bits per heavy atom. The number of hydrogen-bond acceptors (Lipinski definition) is 6. The van der Waals surface area contributed by atoms with Gasteiger partial charge in [0, 0.05) is 31.1 Å². The van der Waals surface area contributed by atoms with Crippen LogP contribution in [0.4, 0.5) is 10.9 Å². The van der Waals surface area contributed by atoms with Gasteiger partial charge in [-0.2, -0.15) is 5.10 Å². The van der Waals surface area contributed by atoms with E-state index in [1.54, 1.807) is 9.58 Å². The molecule has 0 radical (unpaired) electrons. The number of rotatable bonds is 5. The van der Waals surface area contributed by atoms with E-state index in [-0.39, 0.29) is 11.9 Å². The molecule has 1 aliphatic heterocycles. The first kappa shape index (κ1) is 17.9. The molecule has 1 fully saturated rings. The number of anilines is 2. The number of aromatic nitrogens is 4. The molecule has 0 bridgehead atoms. The molecular formula is C18H19ClN6OS. The van der Waals surface area contributed by atoms with E-state index in [1.165, 1.54) is 11.3 Å². The van der Waals surface area contributed by atoms with Crippen LogP contribution in [0.15, 0.2) is 30.3 Å². The number of amides is 1. The molecule has 1 unspecified atom stereocenters. The smallest absolute Gasteiger partial charge is 0.250 e. The first-order valence-electron chi connectivity index (χ1n) is 8.65. The maximum Gasteiger partial charge on any atom is 0.250 e. The van der Waals surface area contributed by atoms with E-state index in [9.17, 15) is 4.79 Å². The lowest BCUT2D eigenvalue weighted by molar-refractivity contribution is -0.117. The molecule has 1 aromatic carbocycles. The zero-order chi connectivity index (χ0) is 19.0. The van der Waals surface area contributed by atoms with Crippen LogP contribution in [0, 0.1) is 6.92 Å². The second-order valence-electron chi connectivity index (χ2n) is 6.55. The third-order valence-corrected chi connectivity index (χ3v) is 5.60. The Hall–Kier alpha value is -2.45. The number of carbonyl (C=O) groups is 1. The van der Waals surface area contributed by atoms with Crippen molar-refractivity contribution in [2.75, 3.05) is 16.8 Å². The van der Waals surface area contributed by atoms with Crippen LogP contribution in [0.5, 0.6) is 0 Å². The van der Waals surface area contributed by atoms with Gasteiger partial charge in [-0.25, -0.2) is 0 Å². The van der Waals surface area contributed by atoms with E-state index in [0.29, 0.717) is 23.1 Å². The standard InChI is InChI=1S/C18H19ClN6OS/c1-11-9-16(24(2)23-11)25-8-7-14(17(25)26)20-18-22-21-15(27-18)10-12-3-5-13(19)6-4-12/h3-6,9,14H,7-8,10H2,1-2H3,(H,20,22). The van der Waals surface area contributed by atoms with Crippen molar-refractivity contribution < 1.29 is 4.79 Å². The average Bonchev–Trinajstić information content (AvgIpc) is 3.31. The Bertz CT molecular complexity index is 967. The molecule has 0 spiro atoms. The first-order chi connectivity index (χ1) is 13.0. The number of nitrogens with zero attached hydrogens (tertiary/aromatic N) is 5. The second kappa shape index (κ2) is 7.28. The van der Waals surface area contributed by atoms with Crippen LogP contribution in [0.3, 0.4) is 0 Å². The fourth-order valence-electron chi connectivity index (χ4n) is 3.20. The molecule has 0 saturated carbocycles. The Balaban J connectivity index is 1.41. The topological polar surface area (TPSA) is 75.9 Å². The maximum atomic E-state index is 12.8. The minimum absolute atomic E-state index is 0.0347. The second-order valence-corrected chi connectivity index (χ2v) is 8.05. The van der Waals surface area contributed by atoms with Gasteiger partial charge in [0.05, 0.1) is 5.69 Å². The lowest BCUT2D eigenvalue weighted by Crippen LogP contribution is -2.34. The van der Waals surface area contributed by atoms with Crippen LogP contribution in [0.25, 0.3) is 0 Å². The number of carbonyl (C=O) groups excluding carboxylic acids is 1. The van der Waals surface area contributed by atoms with Crippen molar-refractivity contribution in [3.8, 4) is 0 Å². The largest absolute Gasteiger partial charge is 0.348 e. The van der Waals surface area contributed by atoms with Gasteiger partial charge in [0.15, 0.2) is 0 Å². The van der Waals surface area contributed by atoms with Gasteiger partial charge in [-0.05, 0) is 31.0 Å². The molecule has 1 atom stereocenters. The van der Waals surface area contributed by atoms with Crippen molar-refractivity contribution in [2.45, 2.75) is 25.8 Å². The highest BCUT2D eigenvalue weighted by molar-refractivity contribution is 7.15. The van der Waals surface area contributed by atoms with E-state index >= 15 is 0 Å². The van der Waals surface area contributed by atoms with Gasteiger partial charge in [0.1, 0.15) is 16.9 Å². The molecule has 1 amide bonds. The third kappa shape index (κ3) is 3.81. The normalized spacial score (nSPS) is 16.9. The summed E-state index contributed by atoms with van der Waals surface area (Å²) in [7, 11) is 1.85. The average molecular weight is 403 g/mol. The highest BCUT2D eigenvalue weighted by atomic mass is 35.5. The van der Waals surface area contributed by atoms with Crippen molar-refractivity contribution in [1.82, 2.24) is 20.0 Å². The zero-order valence-corrected chi connectivity index (χ0v) is 16.6. The van der Waals surface area contributed by atoms with Crippen molar-refractivity contribution in [3.63, 3.8) is 0 Å². The number of hydrogen-bond donors (Lipinski definition) is 1. The molecule has 1 saturated heterocycles. The van der Waals surface area contributed by atoms with E-state index in [0.717, 1.165) is 28.5 Å². The Kier molecular flexibility index (Phi) is 4.84. The highest BCUT2D eigenvalue weighted by Gasteiger charge is 2.34. The number of halogens is 1. The summed E-state index contributed by atoms with van der Waals surface area (Å²) in [4.78, 5) is 14.5. The Labute approximate surface area is 166 Å². The van der Waals surface area contributed by atoms with Crippen molar-refractivity contribution >= 4 is 39.8 Å². The fraction of sp³-hybridized carbons (Fsp3) is 0.333. The van der Waals surface area contributed by atoms with Crippen LogP contribution in [-0.4, -0.2) is 38.5 Å². The summed E-state index contributed by atoms with van der Waals surface area (Å²) in [5.74, 6) is 0.856. The Morgan fingerprint density at radius 3 is 2.78 bits per heavy atom. The predicted octanol–water partition coefficient (Wildman–Crippen LogP) is 3.04. The first-order valence-corrected chi connectivity index (χ1v) is 9.84.